The maximum absolute atomic E-state index is 12.7. The third-order valence-corrected chi connectivity index (χ3v) is 8.37. The maximum atomic E-state index is 12.7. The van der Waals surface area contributed by atoms with E-state index in [1.807, 2.05) is 0 Å². The maximum Gasteiger partial charge on any atom is 1.00 e. The van der Waals surface area contributed by atoms with Crippen LogP contribution in [-0.2, 0) is 30.0 Å². The van der Waals surface area contributed by atoms with Gasteiger partial charge in [-0.25, -0.2) is 13.4 Å². The number of aliphatic carboxylic acids is 1. The number of aromatic amines is 1. The number of hydrogen-bond donors (Lipinski definition) is 4. The number of nitrogens with two attached hydrogens (primary N) is 1. The summed E-state index contributed by atoms with van der Waals surface area (Å²) in [5.74, 6) is -4.57. The summed E-state index contributed by atoms with van der Waals surface area (Å²) in [6.45, 7) is 0. The van der Waals surface area contributed by atoms with Crippen LogP contribution in [0.15, 0.2) is 28.0 Å². The van der Waals surface area contributed by atoms with Gasteiger partial charge in [0.2, 0.25) is 0 Å². The first-order valence-corrected chi connectivity index (χ1v) is 13.0. The number of nitrogen functional groups attached to an aromatic ring is 1. The monoisotopic (exact) mass is 550 g/mol. The number of carbonyl (C=O) groups excluding carboxylic acids is 3. The van der Waals surface area contributed by atoms with Crippen LogP contribution in [-0.4, -0.2) is 85.3 Å². The molecule has 2 atom stereocenters. The van der Waals surface area contributed by atoms with Gasteiger partial charge in [0, 0.05) is 11.1 Å². The molecule has 15 nitrogen and oxygen atoms in total. The number of thiazole rings is 1. The van der Waals surface area contributed by atoms with Crippen molar-refractivity contribution in [2.45, 2.75) is 17.2 Å². The smallest absolute Gasteiger partial charge is 0.543 e. The van der Waals surface area contributed by atoms with Gasteiger partial charge in [-0.05, 0) is 5.57 Å². The van der Waals surface area contributed by atoms with Crippen molar-refractivity contribution in [2.75, 3.05) is 17.2 Å². The van der Waals surface area contributed by atoms with Crippen molar-refractivity contribution < 1.29 is 62.7 Å². The largest absolute Gasteiger partial charge is 1.00 e. The molecule has 4 heterocycles. The zero-order valence-electron chi connectivity index (χ0n) is 17.9. The minimum Gasteiger partial charge on any atom is -0.543 e. The third-order valence-electron chi connectivity index (χ3n) is 4.83. The molecular formula is C16H15N8NaO7S3. The number of amides is 2. The fraction of sp³-hybridized carbons (Fsp3) is 0.312. The number of rotatable bonds is 8. The van der Waals surface area contributed by atoms with Crippen LogP contribution in [0.2, 0.25) is 0 Å². The number of hydrogen-bond acceptors (Lipinski definition) is 14. The van der Waals surface area contributed by atoms with Crippen molar-refractivity contribution in [3.8, 4) is 0 Å². The predicted molar refractivity (Wildman–Crippen MR) is 116 cm³/mol. The summed E-state index contributed by atoms with van der Waals surface area (Å²) in [6.07, 6.45) is 1.23. The summed E-state index contributed by atoms with van der Waals surface area (Å²) in [6, 6.07) is -1.15. The molecule has 19 heteroatoms. The number of nitrogens with zero attached hydrogens (tertiary/aromatic N) is 5. The van der Waals surface area contributed by atoms with Crippen LogP contribution in [0.4, 0.5) is 5.13 Å². The van der Waals surface area contributed by atoms with Crippen LogP contribution in [0, 0.1) is 0 Å². The van der Waals surface area contributed by atoms with Crippen LogP contribution in [0.25, 0.3) is 0 Å². The van der Waals surface area contributed by atoms with E-state index >= 15 is 0 Å². The summed E-state index contributed by atoms with van der Waals surface area (Å²) in [5, 5.41) is 36.5. The van der Waals surface area contributed by atoms with Gasteiger partial charge >= 0.3 is 29.6 Å². The Morgan fingerprint density at radius 1 is 1.40 bits per heavy atom. The standard InChI is InChI=1S/C16H16N8O7S3.Na/c17-16-19-8(3-33-16)9(22-29)12(25)20-10-13(26)24-11(15(27)28)6(2-32-14(10)24)4-34(30,31)5-7-1-18-23-21-7;/h1,3,10,14,29H,2,4-5H2,(H2,17,19)(H,20,25)(H,27,28)(H,18,21,23);/q;+1/p-1/b22-9-;/t10?,14-;/m1./s1. The van der Waals surface area contributed by atoms with Crippen LogP contribution in [0.5, 0.6) is 0 Å². The summed E-state index contributed by atoms with van der Waals surface area (Å²) in [5.41, 5.74) is 4.63. The van der Waals surface area contributed by atoms with Crippen molar-refractivity contribution in [3.05, 3.63) is 34.2 Å². The van der Waals surface area contributed by atoms with Crippen molar-refractivity contribution in [3.63, 3.8) is 0 Å². The van der Waals surface area contributed by atoms with E-state index < -0.39 is 62.0 Å². The Balaban J connectivity index is 0.00000342. The molecule has 2 aromatic rings. The fourth-order valence-electron chi connectivity index (χ4n) is 3.44. The van der Waals surface area contributed by atoms with Gasteiger partial charge in [-0.2, -0.15) is 15.4 Å². The number of thioether (sulfide) groups is 1. The normalized spacial score (nSPS) is 20.1. The van der Waals surface area contributed by atoms with Crippen molar-refractivity contribution in [1.82, 2.24) is 30.6 Å². The predicted octanol–water partition coefficient (Wildman–Crippen LogP) is -5.96. The number of anilines is 1. The Hall–Kier alpha value is -2.51. The number of nitrogens with one attached hydrogen (secondary N) is 2. The molecule has 0 saturated carbocycles. The second kappa shape index (κ2) is 10.6. The van der Waals surface area contributed by atoms with Gasteiger partial charge in [-0.3, -0.25) is 14.5 Å². The quantitative estimate of drug-likeness (QED) is 0.0790. The summed E-state index contributed by atoms with van der Waals surface area (Å²) in [4.78, 5) is 41.8. The summed E-state index contributed by atoms with van der Waals surface area (Å²) in [7, 11) is -3.83. The van der Waals surface area contributed by atoms with E-state index in [0.29, 0.717) is 0 Å². The van der Waals surface area contributed by atoms with Gasteiger partial charge < -0.3 is 26.2 Å². The van der Waals surface area contributed by atoms with Gasteiger partial charge in [0.05, 0.1) is 35.1 Å². The molecule has 180 valence electrons. The Kier molecular flexibility index (Phi) is 8.22. The molecule has 2 aliphatic heterocycles. The number of β-lactam (4-membered cyclic amide) rings is 1. The van der Waals surface area contributed by atoms with Gasteiger partial charge in [0.1, 0.15) is 17.1 Å². The number of carboxylic acids is 1. The van der Waals surface area contributed by atoms with E-state index in [2.05, 4.69) is 30.9 Å². The molecule has 2 aliphatic rings. The first-order valence-electron chi connectivity index (χ1n) is 9.28. The number of carbonyl (C=O) groups is 3. The first kappa shape index (κ1) is 27.1. The molecule has 2 aromatic heterocycles. The van der Waals surface area contributed by atoms with Gasteiger partial charge in [-0.1, -0.05) is 5.16 Å². The fourth-order valence-corrected chi connectivity index (χ4v) is 6.92. The molecule has 0 aliphatic carbocycles. The van der Waals surface area contributed by atoms with E-state index in [1.54, 1.807) is 0 Å². The van der Waals surface area contributed by atoms with Crippen molar-refractivity contribution >= 4 is 61.6 Å². The Bertz CT molecular complexity index is 1320. The average molecular weight is 551 g/mol. The zero-order chi connectivity index (χ0) is 24.6. The number of sulfone groups is 1. The molecule has 0 aromatic carbocycles. The van der Waals surface area contributed by atoms with E-state index in [1.165, 1.54) is 11.6 Å². The zero-order valence-corrected chi connectivity index (χ0v) is 22.3. The second-order valence-electron chi connectivity index (χ2n) is 7.11. The number of carboxylic acid groups (broad SMARTS) is 1. The van der Waals surface area contributed by atoms with E-state index in [4.69, 9.17) is 5.73 Å². The minimum atomic E-state index is -3.83. The molecule has 1 unspecified atom stereocenters. The van der Waals surface area contributed by atoms with Crippen LogP contribution >= 0.6 is 23.1 Å². The molecule has 1 saturated heterocycles. The molecule has 0 radical (unpaired) electrons. The second-order valence-corrected chi connectivity index (χ2v) is 11.2. The Labute approximate surface area is 227 Å². The van der Waals surface area contributed by atoms with Crippen molar-refractivity contribution in [1.29, 1.82) is 0 Å². The first-order chi connectivity index (χ1) is 16.1. The van der Waals surface area contributed by atoms with Gasteiger partial charge in [-0.15, -0.1) is 23.1 Å². The molecule has 35 heavy (non-hydrogen) atoms. The molecule has 4 rings (SSSR count). The topological polar surface area (TPSA) is 237 Å². The Morgan fingerprint density at radius 3 is 2.71 bits per heavy atom. The number of aromatic nitrogens is 4. The minimum absolute atomic E-state index is 0. The van der Waals surface area contributed by atoms with Crippen LogP contribution in [0.1, 0.15) is 11.4 Å². The molecule has 0 spiro atoms. The number of fused-ring (bicyclic) bond motifs is 1. The Morgan fingerprint density at radius 2 is 2.14 bits per heavy atom. The van der Waals surface area contributed by atoms with Crippen molar-refractivity contribution in [2.24, 2.45) is 5.16 Å². The third kappa shape index (κ3) is 5.51. The van der Waals surface area contributed by atoms with Crippen LogP contribution < -0.4 is 45.7 Å². The summed E-state index contributed by atoms with van der Waals surface area (Å²) >= 11 is 2.08. The number of H-pyrrole nitrogens is 1. The van der Waals surface area contributed by atoms with Crippen LogP contribution in [0.3, 0.4) is 0 Å². The SMILES string of the molecule is Nc1nc(/C(=N/O)C(=O)NC2C(=O)N3C(C(=O)[O-])=C(CS(=O)(=O)Cc4cn[nH]n4)CS[C@H]23)cs1.[Na+]. The molecule has 1 fully saturated rings. The molecular weight excluding hydrogens is 535 g/mol. The van der Waals surface area contributed by atoms with E-state index in [9.17, 15) is 33.1 Å². The van der Waals surface area contributed by atoms with Gasteiger partial charge in [0.15, 0.2) is 20.7 Å². The molecule has 5 N–H and O–H groups in total. The molecule has 2 amide bonds. The van der Waals surface area contributed by atoms with Gasteiger partial charge in [0.25, 0.3) is 11.8 Å². The number of oxime groups is 1. The van der Waals surface area contributed by atoms with E-state index in [-0.39, 0.29) is 57.4 Å². The molecule has 0 bridgehead atoms. The van der Waals surface area contributed by atoms with E-state index in [0.717, 1.165) is 28.0 Å². The summed E-state index contributed by atoms with van der Waals surface area (Å²) < 4.78 is 25.1. The average Bonchev–Trinajstić information content (AvgIpc) is 3.43.